The van der Waals surface area contributed by atoms with Crippen LogP contribution in [-0.2, 0) is 4.79 Å². The summed E-state index contributed by atoms with van der Waals surface area (Å²) in [7, 11) is 0. The molecule has 2 N–H and O–H groups in total. The van der Waals surface area contributed by atoms with Crippen LogP contribution in [0.25, 0.3) is 11.0 Å². The normalized spacial score (nSPS) is 12.3. The summed E-state index contributed by atoms with van der Waals surface area (Å²) in [5.41, 5.74) is 4.98. The maximum absolute atomic E-state index is 11.3. The molecule has 88 valence electrons. The molecule has 1 unspecified atom stereocenters. The Bertz CT molecular complexity index is 617. The van der Waals surface area contributed by atoms with Crippen LogP contribution in [-0.4, -0.2) is 12.0 Å². The second kappa shape index (κ2) is 4.29. The summed E-state index contributed by atoms with van der Waals surface area (Å²) in [6.07, 6.45) is -0.805. The molecule has 0 aliphatic carbocycles. The van der Waals surface area contributed by atoms with E-state index >= 15 is 0 Å². The van der Waals surface area contributed by atoms with Gasteiger partial charge >= 0.3 is 5.63 Å². The van der Waals surface area contributed by atoms with Crippen molar-refractivity contribution in [3.63, 3.8) is 0 Å². The number of hydrogen-bond acceptors (Lipinski definition) is 4. The van der Waals surface area contributed by atoms with E-state index in [-0.39, 0.29) is 0 Å². The van der Waals surface area contributed by atoms with Crippen LogP contribution < -0.4 is 16.1 Å². The first kappa shape index (κ1) is 11.2. The minimum Gasteiger partial charge on any atom is -0.480 e. The van der Waals surface area contributed by atoms with Crippen LogP contribution in [0.3, 0.4) is 0 Å². The topological polar surface area (TPSA) is 82.5 Å². The minimum absolute atomic E-state index is 0.295. The average molecular weight is 233 g/mol. The molecule has 5 heteroatoms. The van der Waals surface area contributed by atoms with Gasteiger partial charge in [-0.05, 0) is 19.1 Å². The SMILES string of the molecule is CC(Oc1cc(=O)oc2ccccc12)C(N)=O. The molecular weight excluding hydrogens is 222 g/mol. The lowest BCUT2D eigenvalue weighted by Crippen LogP contribution is -2.30. The van der Waals surface area contributed by atoms with Crippen LogP contribution in [0.5, 0.6) is 5.75 Å². The van der Waals surface area contributed by atoms with Gasteiger partial charge in [-0.25, -0.2) is 4.79 Å². The highest BCUT2D eigenvalue weighted by atomic mass is 16.5. The van der Waals surface area contributed by atoms with Crippen LogP contribution in [0.1, 0.15) is 6.92 Å². The fourth-order valence-corrected chi connectivity index (χ4v) is 1.43. The third-order valence-corrected chi connectivity index (χ3v) is 2.32. The van der Waals surface area contributed by atoms with Crippen molar-refractivity contribution in [3.05, 3.63) is 40.8 Å². The predicted molar refractivity (Wildman–Crippen MR) is 61.8 cm³/mol. The van der Waals surface area contributed by atoms with Gasteiger partial charge in [0, 0.05) is 0 Å². The summed E-state index contributed by atoms with van der Waals surface area (Å²) in [6.45, 7) is 1.52. The monoisotopic (exact) mass is 233 g/mol. The van der Waals surface area contributed by atoms with Crippen molar-refractivity contribution in [2.24, 2.45) is 5.73 Å². The summed E-state index contributed by atoms with van der Waals surface area (Å²) in [5.74, 6) is -0.300. The van der Waals surface area contributed by atoms with Gasteiger partial charge < -0.3 is 14.9 Å². The van der Waals surface area contributed by atoms with Gasteiger partial charge in [0.1, 0.15) is 11.3 Å². The lowest BCUT2D eigenvalue weighted by atomic mass is 10.2. The maximum Gasteiger partial charge on any atom is 0.339 e. The number of amides is 1. The molecule has 0 fully saturated rings. The highest BCUT2D eigenvalue weighted by Crippen LogP contribution is 2.23. The molecule has 1 heterocycles. The van der Waals surface area contributed by atoms with E-state index < -0.39 is 17.6 Å². The molecule has 0 saturated heterocycles. The van der Waals surface area contributed by atoms with Crippen LogP contribution >= 0.6 is 0 Å². The number of nitrogens with two attached hydrogens (primary N) is 1. The molecule has 0 aliphatic rings. The number of benzene rings is 1. The molecule has 1 aromatic carbocycles. The molecule has 2 rings (SSSR count). The lowest BCUT2D eigenvalue weighted by molar-refractivity contribution is -0.123. The largest absolute Gasteiger partial charge is 0.480 e. The van der Waals surface area contributed by atoms with Crippen molar-refractivity contribution in [3.8, 4) is 5.75 Å². The number of hydrogen-bond donors (Lipinski definition) is 1. The average Bonchev–Trinajstić information content (AvgIpc) is 2.28. The number of ether oxygens (including phenoxy) is 1. The zero-order valence-electron chi connectivity index (χ0n) is 9.17. The Hall–Kier alpha value is -2.30. The Balaban J connectivity index is 2.52. The zero-order valence-corrected chi connectivity index (χ0v) is 9.17. The van der Waals surface area contributed by atoms with E-state index in [1.807, 2.05) is 0 Å². The van der Waals surface area contributed by atoms with Crippen molar-refractivity contribution >= 4 is 16.9 Å². The summed E-state index contributed by atoms with van der Waals surface area (Å²) in [4.78, 5) is 22.2. The first-order valence-electron chi connectivity index (χ1n) is 5.07. The lowest BCUT2D eigenvalue weighted by Gasteiger charge is -2.12. The fraction of sp³-hybridized carbons (Fsp3) is 0.167. The van der Waals surface area contributed by atoms with E-state index in [2.05, 4.69) is 0 Å². The summed E-state index contributed by atoms with van der Waals surface area (Å²) in [6, 6.07) is 8.11. The zero-order chi connectivity index (χ0) is 12.4. The predicted octanol–water partition coefficient (Wildman–Crippen LogP) is 1.05. The van der Waals surface area contributed by atoms with E-state index in [4.69, 9.17) is 14.9 Å². The van der Waals surface area contributed by atoms with Crippen molar-refractivity contribution in [2.45, 2.75) is 13.0 Å². The van der Waals surface area contributed by atoms with Crippen LogP contribution in [0.2, 0.25) is 0 Å². The van der Waals surface area contributed by atoms with Crippen molar-refractivity contribution < 1.29 is 13.9 Å². The number of rotatable bonds is 3. The van der Waals surface area contributed by atoms with E-state index in [9.17, 15) is 9.59 Å². The molecular formula is C12H11NO4. The molecule has 5 nitrogen and oxygen atoms in total. The first-order chi connectivity index (χ1) is 8.08. The second-order valence-electron chi connectivity index (χ2n) is 3.59. The maximum atomic E-state index is 11.3. The van der Waals surface area contributed by atoms with Gasteiger partial charge in [-0.3, -0.25) is 4.79 Å². The van der Waals surface area contributed by atoms with E-state index in [0.717, 1.165) is 0 Å². The Morgan fingerprint density at radius 3 is 2.82 bits per heavy atom. The molecule has 0 saturated carbocycles. The fourth-order valence-electron chi connectivity index (χ4n) is 1.43. The molecule has 1 atom stereocenters. The second-order valence-corrected chi connectivity index (χ2v) is 3.59. The highest BCUT2D eigenvalue weighted by Gasteiger charge is 2.13. The molecule has 1 aromatic heterocycles. The van der Waals surface area contributed by atoms with E-state index in [1.54, 1.807) is 24.3 Å². The summed E-state index contributed by atoms with van der Waals surface area (Å²) < 4.78 is 10.3. The van der Waals surface area contributed by atoms with E-state index in [0.29, 0.717) is 16.7 Å². The Morgan fingerprint density at radius 2 is 2.12 bits per heavy atom. The van der Waals surface area contributed by atoms with Crippen molar-refractivity contribution in [2.75, 3.05) is 0 Å². The smallest absolute Gasteiger partial charge is 0.339 e. The number of primary amides is 1. The molecule has 17 heavy (non-hydrogen) atoms. The molecule has 0 radical (unpaired) electrons. The molecule has 0 bridgehead atoms. The third-order valence-electron chi connectivity index (χ3n) is 2.32. The summed E-state index contributed by atoms with van der Waals surface area (Å²) >= 11 is 0. The summed E-state index contributed by atoms with van der Waals surface area (Å²) in [5, 5.41) is 0.625. The minimum atomic E-state index is -0.805. The standard InChI is InChI=1S/C12H11NO4/c1-7(12(13)15)16-10-6-11(14)17-9-5-3-2-4-8(9)10/h2-7H,1H3,(H2,13,15). The van der Waals surface area contributed by atoms with E-state index in [1.165, 1.54) is 13.0 Å². The number of fused-ring (bicyclic) bond motifs is 1. The number of carbonyl (C=O) groups is 1. The Labute approximate surface area is 96.8 Å². The van der Waals surface area contributed by atoms with Gasteiger partial charge in [-0.15, -0.1) is 0 Å². The molecule has 2 aromatic rings. The number of para-hydroxylation sites is 1. The van der Waals surface area contributed by atoms with Crippen LogP contribution in [0.4, 0.5) is 0 Å². The number of carbonyl (C=O) groups excluding carboxylic acids is 1. The van der Waals surface area contributed by atoms with Crippen LogP contribution in [0.15, 0.2) is 39.5 Å². The molecule has 0 aliphatic heterocycles. The third kappa shape index (κ3) is 2.28. The van der Waals surface area contributed by atoms with Gasteiger partial charge in [0.2, 0.25) is 0 Å². The van der Waals surface area contributed by atoms with Gasteiger partial charge in [-0.1, -0.05) is 12.1 Å². The van der Waals surface area contributed by atoms with Gasteiger partial charge in [0.05, 0.1) is 11.5 Å². The quantitative estimate of drug-likeness (QED) is 0.803. The molecule has 1 amide bonds. The van der Waals surface area contributed by atoms with Gasteiger partial charge in [0.25, 0.3) is 5.91 Å². The Kier molecular flexibility index (Phi) is 2.82. The van der Waals surface area contributed by atoms with Crippen molar-refractivity contribution in [1.82, 2.24) is 0 Å². The van der Waals surface area contributed by atoms with Gasteiger partial charge in [0.15, 0.2) is 6.10 Å². The van der Waals surface area contributed by atoms with Gasteiger partial charge in [-0.2, -0.15) is 0 Å². The Morgan fingerprint density at radius 1 is 1.41 bits per heavy atom. The first-order valence-corrected chi connectivity index (χ1v) is 5.07. The van der Waals surface area contributed by atoms with Crippen LogP contribution in [0, 0.1) is 0 Å². The highest BCUT2D eigenvalue weighted by molar-refractivity contribution is 5.84. The molecule has 0 spiro atoms. The van der Waals surface area contributed by atoms with Crippen molar-refractivity contribution in [1.29, 1.82) is 0 Å².